The summed E-state index contributed by atoms with van der Waals surface area (Å²) < 4.78 is 31.0. The maximum atomic E-state index is 14.6. The largest absolute Gasteiger partial charge is 0.497 e. The zero-order valence-electron chi connectivity index (χ0n) is 22.9. The van der Waals surface area contributed by atoms with E-state index in [-0.39, 0.29) is 17.8 Å². The number of pyridine rings is 1. The molecule has 0 bridgehead atoms. The Morgan fingerprint density at radius 3 is 2.62 bits per heavy atom. The van der Waals surface area contributed by atoms with E-state index in [2.05, 4.69) is 20.5 Å². The van der Waals surface area contributed by atoms with Gasteiger partial charge in [-0.15, -0.1) is 0 Å². The molecular formula is C31H33FN4O4. The minimum Gasteiger partial charge on any atom is -0.497 e. The Kier molecular flexibility index (Phi) is 8.31. The number of ether oxygens (including phenoxy) is 3. The molecular weight excluding hydrogens is 511 g/mol. The number of urea groups is 1. The van der Waals surface area contributed by atoms with Crippen LogP contribution in [0.15, 0.2) is 66.9 Å². The van der Waals surface area contributed by atoms with Gasteiger partial charge in [0.2, 0.25) is 0 Å². The van der Waals surface area contributed by atoms with Gasteiger partial charge in [-0.1, -0.05) is 24.3 Å². The summed E-state index contributed by atoms with van der Waals surface area (Å²) in [4.78, 5) is 19.4. The summed E-state index contributed by atoms with van der Waals surface area (Å²) in [5.41, 5.74) is 4.55. The second-order valence-electron chi connectivity index (χ2n) is 9.63. The maximum absolute atomic E-state index is 14.6. The highest BCUT2D eigenvalue weighted by Crippen LogP contribution is 2.41. The van der Waals surface area contributed by atoms with Crippen molar-refractivity contribution in [3.63, 3.8) is 0 Å². The van der Waals surface area contributed by atoms with E-state index in [1.807, 2.05) is 42.5 Å². The minimum absolute atomic E-state index is 0.0913. The molecule has 0 saturated heterocycles. The van der Waals surface area contributed by atoms with Gasteiger partial charge in [0.1, 0.15) is 11.5 Å². The number of hydrogen-bond acceptors (Lipinski definition) is 6. The molecule has 1 unspecified atom stereocenters. The van der Waals surface area contributed by atoms with Crippen molar-refractivity contribution >= 4 is 22.6 Å². The smallest absolute Gasteiger partial charge is 0.319 e. The molecule has 40 heavy (non-hydrogen) atoms. The number of fused-ring (bicyclic) bond motifs is 2. The molecule has 4 aromatic rings. The molecule has 2 heterocycles. The minimum atomic E-state index is -0.397. The molecule has 0 spiro atoms. The van der Waals surface area contributed by atoms with Crippen LogP contribution in [-0.2, 0) is 12.8 Å². The fraction of sp³-hybridized carbons (Fsp3) is 0.290. The van der Waals surface area contributed by atoms with Gasteiger partial charge in [-0.3, -0.25) is 9.88 Å². The van der Waals surface area contributed by atoms with E-state index in [0.717, 1.165) is 52.1 Å². The molecule has 2 N–H and O–H groups in total. The lowest BCUT2D eigenvalue weighted by Crippen LogP contribution is -2.42. The number of carbonyl (C=O) groups is 1. The van der Waals surface area contributed by atoms with E-state index in [0.29, 0.717) is 25.2 Å². The summed E-state index contributed by atoms with van der Waals surface area (Å²) in [6.07, 6.45) is 3.04. The zero-order chi connectivity index (χ0) is 28.1. The summed E-state index contributed by atoms with van der Waals surface area (Å²) in [6, 6.07) is 18.1. The van der Waals surface area contributed by atoms with Crippen molar-refractivity contribution in [2.24, 2.45) is 0 Å². The van der Waals surface area contributed by atoms with E-state index in [4.69, 9.17) is 14.2 Å². The summed E-state index contributed by atoms with van der Waals surface area (Å²) in [6.45, 7) is 1.80. The lowest BCUT2D eigenvalue weighted by molar-refractivity contribution is 0.179. The number of amides is 2. The fourth-order valence-corrected chi connectivity index (χ4v) is 5.37. The summed E-state index contributed by atoms with van der Waals surface area (Å²) in [7, 11) is 4.74. The lowest BCUT2D eigenvalue weighted by atomic mass is 9.87. The molecule has 0 aliphatic carbocycles. The number of nitrogens with zero attached hydrogens (tertiary/aromatic N) is 2. The summed E-state index contributed by atoms with van der Waals surface area (Å²) in [5.74, 6) is 1.28. The maximum Gasteiger partial charge on any atom is 0.319 e. The quantitative estimate of drug-likeness (QED) is 0.295. The van der Waals surface area contributed by atoms with Crippen molar-refractivity contribution in [3.8, 4) is 17.2 Å². The Morgan fingerprint density at radius 1 is 1.02 bits per heavy atom. The number of para-hydroxylation sites is 1. The highest BCUT2D eigenvalue weighted by molar-refractivity contribution is 6.00. The monoisotopic (exact) mass is 544 g/mol. The number of aromatic nitrogens is 1. The second kappa shape index (κ2) is 12.2. The average molecular weight is 545 g/mol. The van der Waals surface area contributed by atoms with Crippen LogP contribution in [0.2, 0.25) is 0 Å². The predicted octanol–water partition coefficient (Wildman–Crippen LogP) is 5.36. The van der Waals surface area contributed by atoms with Crippen LogP contribution in [0, 0.1) is 5.82 Å². The van der Waals surface area contributed by atoms with E-state index < -0.39 is 5.82 Å². The molecule has 208 valence electrons. The van der Waals surface area contributed by atoms with Crippen LogP contribution in [0.5, 0.6) is 17.2 Å². The third kappa shape index (κ3) is 5.79. The molecule has 0 radical (unpaired) electrons. The summed E-state index contributed by atoms with van der Waals surface area (Å²) in [5, 5.41) is 6.80. The van der Waals surface area contributed by atoms with E-state index in [1.165, 1.54) is 13.2 Å². The van der Waals surface area contributed by atoms with E-state index in [1.54, 1.807) is 32.5 Å². The standard InChI is InChI=1S/C31H33FN4O4/c1-38-22-18-21-11-14-36(15-13-34-31(37)35-26-10-12-33-25-7-5-4-6-23(25)26)27(30(21)29(19-22)40-3)17-20-8-9-28(39-2)24(32)16-20/h4-10,12,16,18-19,27H,11,13-15,17H2,1-3H3,(H2,33,34,35,37). The number of anilines is 1. The van der Waals surface area contributed by atoms with Crippen LogP contribution in [0.4, 0.5) is 14.9 Å². The van der Waals surface area contributed by atoms with Gasteiger partial charge in [0.15, 0.2) is 11.6 Å². The van der Waals surface area contributed by atoms with Gasteiger partial charge >= 0.3 is 6.03 Å². The molecule has 1 aromatic heterocycles. The Morgan fingerprint density at radius 2 is 1.85 bits per heavy atom. The number of nitrogens with one attached hydrogen (secondary N) is 2. The normalized spacial score (nSPS) is 14.8. The van der Waals surface area contributed by atoms with Crippen LogP contribution >= 0.6 is 0 Å². The first-order valence-corrected chi connectivity index (χ1v) is 13.2. The Balaban J connectivity index is 1.33. The molecule has 8 nitrogen and oxygen atoms in total. The van der Waals surface area contributed by atoms with Gasteiger partial charge < -0.3 is 24.8 Å². The third-order valence-electron chi connectivity index (χ3n) is 7.33. The number of methoxy groups -OCH3 is 3. The summed E-state index contributed by atoms with van der Waals surface area (Å²) >= 11 is 0. The van der Waals surface area contributed by atoms with Crippen LogP contribution < -0.4 is 24.8 Å². The van der Waals surface area contributed by atoms with Crippen molar-refractivity contribution in [1.82, 2.24) is 15.2 Å². The first-order chi connectivity index (χ1) is 19.5. The fourth-order valence-electron chi connectivity index (χ4n) is 5.37. The molecule has 0 fully saturated rings. The van der Waals surface area contributed by atoms with Crippen molar-refractivity contribution in [2.75, 3.05) is 46.3 Å². The van der Waals surface area contributed by atoms with E-state index >= 15 is 0 Å². The van der Waals surface area contributed by atoms with Gasteiger partial charge in [0, 0.05) is 48.9 Å². The number of halogens is 1. The van der Waals surface area contributed by atoms with Gasteiger partial charge in [0.25, 0.3) is 0 Å². The predicted molar refractivity (Wildman–Crippen MR) is 153 cm³/mol. The second-order valence-corrected chi connectivity index (χ2v) is 9.63. The first-order valence-electron chi connectivity index (χ1n) is 13.2. The third-order valence-corrected chi connectivity index (χ3v) is 7.33. The Labute approximate surface area is 233 Å². The van der Waals surface area contributed by atoms with Gasteiger partial charge in [-0.25, -0.2) is 9.18 Å². The molecule has 2 amide bonds. The van der Waals surface area contributed by atoms with Gasteiger partial charge in [-0.2, -0.15) is 0 Å². The van der Waals surface area contributed by atoms with Crippen LogP contribution in [0.1, 0.15) is 22.7 Å². The number of carbonyl (C=O) groups excluding carboxylic acids is 1. The Hall–Kier alpha value is -4.37. The SMILES string of the molecule is COc1cc2c(c(OC)c1)C(Cc1ccc(OC)c(F)c1)N(CCNC(=O)Nc1ccnc3ccccc13)CC2. The van der Waals surface area contributed by atoms with Crippen molar-refractivity contribution in [3.05, 3.63) is 89.4 Å². The lowest BCUT2D eigenvalue weighted by Gasteiger charge is -2.38. The highest BCUT2D eigenvalue weighted by Gasteiger charge is 2.31. The van der Waals surface area contributed by atoms with Crippen molar-refractivity contribution < 1.29 is 23.4 Å². The zero-order valence-corrected chi connectivity index (χ0v) is 22.9. The molecule has 3 aromatic carbocycles. The highest BCUT2D eigenvalue weighted by atomic mass is 19.1. The number of benzene rings is 3. The molecule has 1 aliphatic rings. The molecule has 9 heteroatoms. The molecule has 1 aliphatic heterocycles. The topological polar surface area (TPSA) is 85.0 Å². The Bertz CT molecular complexity index is 1490. The van der Waals surface area contributed by atoms with E-state index in [9.17, 15) is 9.18 Å². The molecule has 1 atom stereocenters. The van der Waals surface area contributed by atoms with Crippen molar-refractivity contribution in [2.45, 2.75) is 18.9 Å². The first kappa shape index (κ1) is 27.2. The van der Waals surface area contributed by atoms with Crippen LogP contribution in [0.3, 0.4) is 0 Å². The van der Waals surface area contributed by atoms with Crippen LogP contribution in [-0.4, -0.2) is 56.9 Å². The van der Waals surface area contributed by atoms with Gasteiger partial charge in [0.05, 0.1) is 32.5 Å². The van der Waals surface area contributed by atoms with Crippen molar-refractivity contribution in [1.29, 1.82) is 0 Å². The van der Waals surface area contributed by atoms with Gasteiger partial charge in [-0.05, 0) is 54.3 Å². The molecule has 5 rings (SSSR count). The molecule has 0 saturated carbocycles. The van der Waals surface area contributed by atoms with Crippen LogP contribution in [0.25, 0.3) is 10.9 Å². The average Bonchev–Trinajstić information content (AvgIpc) is 2.97. The number of rotatable bonds is 9. The number of hydrogen-bond donors (Lipinski definition) is 2.